The molecule has 0 fully saturated rings. The summed E-state index contributed by atoms with van der Waals surface area (Å²) in [6, 6.07) is 13.3. The lowest BCUT2D eigenvalue weighted by Crippen LogP contribution is -2.49. The number of amides is 2. The van der Waals surface area contributed by atoms with Gasteiger partial charge in [0.15, 0.2) is 6.10 Å². The third kappa shape index (κ3) is 4.25. The lowest BCUT2D eigenvalue weighted by atomic mass is 10.2. The molecule has 2 aromatic rings. The van der Waals surface area contributed by atoms with E-state index in [0.717, 1.165) is 0 Å². The molecule has 1 aliphatic rings. The van der Waals surface area contributed by atoms with Crippen molar-refractivity contribution in [1.29, 1.82) is 0 Å². The molecule has 28 heavy (non-hydrogen) atoms. The van der Waals surface area contributed by atoms with Gasteiger partial charge in [0.25, 0.3) is 5.91 Å². The Bertz CT molecular complexity index is 989. The van der Waals surface area contributed by atoms with Gasteiger partial charge < -0.3 is 15.4 Å². The Balaban J connectivity index is 1.78. The predicted molar refractivity (Wildman–Crippen MR) is 107 cm³/mol. The second-order valence-corrected chi connectivity index (χ2v) is 8.44. The molecule has 0 spiro atoms. The monoisotopic (exact) mass is 403 g/mol. The molecule has 2 amide bonds. The van der Waals surface area contributed by atoms with Crippen molar-refractivity contribution in [1.82, 2.24) is 0 Å². The highest BCUT2D eigenvalue weighted by Gasteiger charge is 2.35. The number of para-hydroxylation sites is 2. The third-order valence-corrected chi connectivity index (χ3v) is 5.95. The van der Waals surface area contributed by atoms with E-state index in [4.69, 9.17) is 4.74 Å². The summed E-state index contributed by atoms with van der Waals surface area (Å²) in [5, 5.41) is 5.35. The molecule has 0 saturated heterocycles. The Labute approximate surface area is 163 Å². The van der Waals surface area contributed by atoms with Gasteiger partial charge in [0.2, 0.25) is 15.9 Å². The molecule has 1 atom stereocenters. The van der Waals surface area contributed by atoms with Crippen molar-refractivity contribution in [3.05, 3.63) is 48.5 Å². The number of carbonyl (C=O) groups is 2. The summed E-state index contributed by atoms with van der Waals surface area (Å²) in [7, 11) is -3.56. The topological polar surface area (TPSA) is 105 Å². The van der Waals surface area contributed by atoms with E-state index in [0.29, 0.717) is 22.8 Å². The minimum Gasteiger partial charge on any atom is -0.476 e. The molecule has 1 aliphatic heterocycles. The van der Waals surface area contributed by atoms with Crippen molar-refractivity contribution in [2.45, 2.75) is 20.0 Å². The van der Waals surface area contributed by atoms with Crippen LogP contribution >= 0.6 is 0 Å². The van der Waals surface area contributed by atoms with Crippen LogP contribution in [-0.2, 0) is 19.6 Å². The van der Waals surface area contributed by atoms with Gasteiger partial charge in [-0.25, -0.2) is 8.42 Å². The summed E-state index contributed by atoms with van der Waals surface area (Å²) in [5.74, 6) is -0.395. The van der Waals surface area contributed by atoms with Gasteiger partial charge in [-0.05, 0) is 43.3 Å². The van der Waals surface area contributed by atoms with Crippen molar-refractivity contribution < 1.29 is 22.7 Å². The summed E-state index contributed by atoms with van der Waals surface area (Å²) in [6.07, 6.45) is -0.994. The van der Waals surface area contributed by atoms with Crippen molar-refractivity contribution >= 4 is 38.9 Å². The summed E-state index contributed by atoms with van der Waals surface area (Å²) in [4.78, 5) is 23.7. The van der Waals surface area contributed by atoms with Crippen LogP contribution in [0, 0.1) is 0 Å². The maximum Gasteiger partial charge on any atom is 0.267 e. The minimum atomic E-state index is -3.56. The first-order valence-electron chi connectivity index (χ1n) is 8.75. The average Bonchev–Trinajstić information content (AvgIpc) is 2.68. The largest absolute Gasteiger partial charge is 0.476 e. The Kier molecular flexibility index (Phi) is 5.55. The van der Waals surface area contributed by atoms with Crippen LogP contribution in [0.2, 0.25) is 0 Å². The van der Waals surface area contributed by atoms with E-state index in [9.17, 15) is 18.0 Å². The molecule has 148 valence electrons. The van der Waals surface area contributed by atoms with Crippen LogP contribution in [0.15, 0.2) is 48.5 Å². The number of nitrogens with one attached hydrogen (secondary N) is 2. The van der Waals surface area contributed by atoms with Gasteiger partial charge in [-0.15, -0.1) is 0 Å². The first-order chi connectivity index (χ1) is 13.3. The van der Waals surface area contributed by atoms with Gasteiger partial charge in [-0.3, -0.25) is 13.9 Å². The van der Waals surface area contributed by atoms with Gasteiger partial charge in [0.05, 0.1) is 18.0 Å². The zero-order valence-corrected chi connectivity index (χ0v) is 16.3. The number of hydrogen-bond donors (Lipinski definition) is 2. The molecule has 0 radical (unpaired) electrons. The van der Waals surface area contributed by atoms with Gasteiger partial charge in [-0.1, -0.05) is 12.1 Å². The molecule has 0 unspecified atom stereocenters. The minimum absolute atomic E-state index is 0.0831. The fourth-order valence-corrected chi connectivity index (χ4v) is 3.95. The number of anilines is 3. The van der Waals surface area contributed by atoms with E-state index in [1.165, 1.54) is 11.2 Å². The molecule has 0 aliphatic carbocycles. The van der Waals surface area contributed by atoms with Crippen molar-refractivity contribution in [2.24, 2.45) is 0 Å². The Morgan fingerprint density at radius 3 is 2.29 bits per heavy atom. The zero-order chi connectivity index (χ0) is 20.3. The number of ether oxygens (including phenoxy) is 1. The van der Waals surface area contributed by atoms with Gasteiger partial charge in [-0.2, -0.15) is 0 Å². The molecular weight excluding hydrogens is 382 g/mol. The fourth-order valence-electron chi connectivity index (χ4n) is 2.82. The highest BCUT2D eigenvalue weighted by molar-refractivity contribution is 7.92. The van der Waals surface area contributed by atoms with E-state index in [-0.39, 0.29) is 18.2 Å². The Hall–Kier alpha value is -3.07. The van der Waals surface area contributed by atoms with Crippen LogP contribution in [0.4, 0.5) is 17.1 Å². The van der Waals surface area contributed by atoms with Crippen LogP contribution < -0.4 is 19.7 Å². The third-order valence-electron chi connectivity index (χ3n) is 4.20. The number of sulfonamides is 1. The van der Waals surface area contributed by atoms with Crippen molar-refractivity contribution in [3.8, 4) is 5.75 Å². The van der Waals surface area contributed by atoms with Gasteiger partial charge in [0.1, 0.15) is 5.75 Å². The quantitative estimate of drug-likeness (QED) is 0.796. The summed E-state index contributed by atoms with van der Waals surface area (Å²) >= 11 is 0. The number of hydrogen-bond acceptors (Lipinski definition) is 5. The number of nitrogens with zero attached hydrogens (tertiary/aromatic N) is 1. The molecule has 2 aromatic carbocycles. The summed E-state index contributed by atoms with van der Waals surface area (Å²) in [5.41, 5.74) is 1.54. The van der Waals surface area contributed by atoms with Crippen LogP contribution in [0.1, 0.15) is 13.8 Å². The van der Waals surface area contributed by atoms with E-state index in [1.54, 1.807) is 55.5 Å². The highest BCUT2D eigenvalue weighted by atomic mass is 32.2. The van der Waals surface area contributed by atoms with E-state index < -0.39 is 22.0 Å². The second kappa shape index (κ2) is 7.89. The standard InChI is InChI=1S/C19H21N3O5S/c1-3-28(25,26)22-12-18(27-17-7-5-4-6-16(17)22)19(24)21-15-10-8-14(9-11-15)20-13(2)23/h4-11,18H,3,12H2,1-2H3,(H,20,23)(H,21,24)/t18-/m1/s1. The number of rotatable bonds is 5. The molecule has 8 nitrogen and oxygen atoms in total. The predicted octanol–water partition coefficient (Wildman–Crippen LogP) is 2.20. The highest BCUT2D eigenvalue weighted by Crippen LogP contribution is 2.35. The lowest BCUT2D eigenvalue weighted by Gasteiger charge is -2.34. The summed E-state index contributed by atoms with van der Waals surface area (Å²) < 4.78 is 31.9. The molecule has 1 heterocycles. The first-order valence-corrected chi connectivity index (χ1v) is 10.4. The van der Waals surface area contributed by atoms with Crippen LogP contribution in [0.5, 0.6) is 5.75 Å². The first kappa shape index (κ1) is 19.7. The molecule has 0 aromatic heterocycles. The molecule has 2 N–H and O–H groups in total. The van der Waals surface area contributed by atoms with Crippen LogP contribution in [0.25, 0.3) is 0 Å². The Morgan fingerprint density at radius 2 is 1.68 bits per heavy atom. The SMILES string of the molecule is CCS(=O)(=O)N1C[C@H](C(=O)Nc2ccc(NC(C)=O)cc2)Oc2ccccc21. The van der Waals surface area contributed by atoms with E-state index in [2.05, 4.69) is 10.6 Å². The molecule has 0 saturated carbocycles. The Morgan fingerprint density at radius 1 is 1.07 bits per heavy atom. The molecule has 9 heteroatoms. The molecule has 3 rings (SSSR count). The second-order valence-electron chi connectivity index (χ2n) is 6.25. The maximum atomic E-state index is 12.7. The lowest BCUT2D eigenvalue weighted by molar-refractivity contribution is -0.122. The van der Waals surface area contributed by atoms with Crippen molar-refractivity contribution in [2.75, 3.05) is 27.2 Å². The van der Waals surface area contributed by atoms with Crippen LogP contribution in [-0.4, -0.2) is 38.6 Å². The van der Waals surface area contributed by atoms with Gasteiger partial charge >= 0.3 is 0 Å². The van der Waals surface area contributed by atoms with E-state index in [1.807, 2.05) is 0 Å². The molecular formula is C19H21N3O5S. The van der Waals surface area contributed by atoms with E-state index >= 15 is 0 Å². The zero-order valence-electron chi connectivity index (χ0n) is 15.5. The smallest absolute Gasteiger partial charge is 0.267 e. The maximum absolute atomic E-state index is 12.7. The fraction of sp³-hybridized carbons (Fsp3) is 0.263. The van der Waals surface area contributed by atoms with Crippen molar-refractivity contribution in [3.63, 3.8) is 0 Å². The summed E-state index contributed by atoms with van der Waals surface area (Å²) in [6.45, 7) is 2.85. The normalized spacial score (nSPS) is 15.9. The number of fused-ring (bicyclic) bond motifs is 1. The number of carbonyl (C=O) groups excluding carboxylic acids is 2. The van der Waals surface area contributed by atoms with Gasteiger partial charge in [0, 0.05) is 18.3 Å². The average molecular weight is 403 g/mol. The number of benzene rings is 2. The molecule has 0 bridgehead atoms. The van der Waals surface area contributed by atoms with Crippen LogP contribution in [0.3, 0.4) is 0 Å².